The van der Waals surface area contributed by atoms with Crippen molar-refractivity contribution in [3.8, 4) is 0 Å². The number of hydrogen-bond acceptors (Lipinski definition) is 6. The van der Waals surface area contributed by atoms with Gasteiger partial charge in [0.2, 0.25) is 0 Å². The maximum absolute atomic E-state index is 9.74. The minimum Gasteiger partial charge on any atom is -0.395 e. The van der Waals surface area contributed by atoms with E-state index in [2.05, 4.69) is 5.32 Å². The summed E-state index contributed by atoms with van der Waals surface area (Å²) in [5.74, 6) is 0. The third-order valence-corrected chi connectivity index (χ3v) is 3.53. The van der Waals surface area contributed by atoms with Crippen molar-refractivity contribution in [2.75, 3.05) is 6.61 Å². The molecule has 0 unspecified atom stereocenters. The van der Waals surface area contributed by atoms with Crippen LogP contribution in [0.3, 0.4) is 0 Å². The molecule has 0 bridgehead atoms. The van der Waals surface area contributed by atoms with Crippen LogP contribution in [0, 0.1) is 0 Å². The summed E-state index contributed by atoms with van der Waals surface area (Å²) in [5, 5.41) is 50.1. The maximum atomic E-state index is 9.74. The molecule has 0 aromatic rings. The van der Waals surface area contributed by atoms with E-state index in [0.717, 1.165) is 0 Å². The lowest BCUT2D eigenvalue weighted by molar-refractivity contribution is 0.0167. The molecule has 1 aliphatic rings. The van der Waals surface area contributed by atoms with Gasteiger partial charge in [0.25, 0.3) is 0 Å². The van der Waals surface area contributed by atoms with E-state index in [1.165, 1.54) is 0 Å². The standard InChI is InChI=1S/C12H25NO5/c1-7(15)2-3-8(16)4-5-9-11(17)12(18)10(6-14)13-9/h7-18H,2-6H2,1H3/t7-,8-,9+,10+,11+,12+/m0/s1. The molecule has 0 aromatic carbocycles. The van der Waals surface area contributed by atoms with Crippen molar-refractivity contribution in [1.82, 2.24) is 5.32 Å². The van der Waals surface area contributed by atoms with Gasteiger partial charge < -0.3 is 30.8 Å². The van der Waals surface area contributed by atoms with Crippen LogP contribution >= 0.6 is 0 Å². The molecule has 18 heavy (non-hydrogen) atoms. The Balaban J connectivity index is 2.27. The molecular weight excluding hydrogens is 238 g/mol. The fourth-order valence-electron chi connectivity index (χ4n) is 2.31. The Morgan fingerprint density at radius 3 is 2.11 bits per heavy atom. The molecule has 6 N–H and O–H groups in total. The third kappa shape index (κ3) is 4.46. The van der Waals surface area contributed by atoms with Crippen molar-refractivity contribution in [1.29, 1.82) is 0 Å². The van der Waals surface area contributed by atoms with E-state index in [0.29, 0.717) is 25.7 Å². The molecule has 0 saturated carbocycles. The molecule has 1 heterocycles. The average molecular weight is 263 g/mol. The molecule has 0 amide bonds. The van der Waals surface area contributed by atoms with Crippen molar-refractivity contribution in [2.24, 2.45) is 0 Å². The molecule has 0 spiro atoms. The summed E-state index contributed by atoms with van der Waals surface area (Å²) in [6, 6.07) is -0.807. The molecule has 1 rings (SSSR count). The minimum absolute atomic E-state index is 0.223. The van der Waals surface area contributed by atoms with Crippen LogP contribution in [-0.2, 0) is 0 Å². The first-order valence-electron chi connectivity index (χ1n) is 6.54. The summed E-state index contributed by atoms with van der Waals surface area (Å²) in [5.41, 5.74) is 0. The lowest BCUT2D eigenvalue weighted by Crippen LogP contribution is -2.36. The van der Waals surface area contributed by atoms with Gasteiger partial charge in [0.1, 0.15) is 0 Å². The highest BCUT2D eigenvalue weighted by Gasteiger charge is 2.40. The molecule has 1 saturated heterocycles. The van der Waals surface area contributed by atoms with Gasteiger partial charge in [0, 0.05) is 6.04 Å². The number of aliphatic hydroxyl groups is 5. The Morgan fingerprint density at radius 2 is 1.61 bits per heavy atom. The van der Waals surface area contributed by atoms with Crippen molar-refractivity contribution in [3.05, 3.63) is 0 Å². The summed E-state index contributed by atoms with van der Waals surface area (Å²) in [6.45, 7) is 1.45. The Morgan fingerprint density at radius 1 is 1.00 bits per heavy atom. The SMILES string of the molecule is C[C@H](O)CC[C@H](O)CC[C@H]1N[C@H](CO)[C@@H](O)[C@@H]1O. The predicted octanol–water partition coefficient (Wildman–Crippen LogP) is -1.66. The average Bonchev–Trinajstić information content (AvgIpc) is 2.61. The van der Waals surface area contributed by atoms with E-state index in [1.807, 2.05) is 0 Å². The highest BCUT2D eigenvalue weighted by atomic mass is 16.3. The van der Waals surface area contributed by atoms with Crippen LogP contribution in [0.15, 0.2) is 0 Å². The molecule has 6 atom stereocenters. The van der Waals surface area contributed by atoms with E-state index in [9.17, 15) is 15.3 Å². The van der Waals surface area contributed by atoms with Gasteiger partial charge >= 0.3 is 0 Å². The molecule has 1 fully saturated rings. The van der Waals surface area contributed by atoms with Gasteiger partial charge in [0.15, 0.2) is 0 Å². The summed E-state index contributed by atoms with van der Waals surface area (Å²) < 4.78 is 0. The first kappa shape index (κ1) is 15.8. The third-order valence-electron chi connectivity index (χ3n) is 3.53. The molecule has 1 aliphatic heterocycles. The summed E-state index contributed by atoms with van der Waals surface area (Å²) in [7, 11) is 0. The van der Waals surface area contributed by atoms with Crippen molar-refractivity contribution < 1.29 is 25.5 Å². The van der Waals surface area contributed by atoms with Crippen LogP contribution in [0.25, 0.3) is 0 Å². The Bertz CT molecular complexity index is 239. The lowest BCUT2D eigenvalue weighted by Gasteiger charge is -2.18. The summed E-state index contributed by atoms with van der Waals surface area (Å²) in [6.07, 6.45) is -0.729. The molecule has 108 valence electrons. The van der Waals surface area contributed by atoms with E-state index < -0.39 is 30.5 Å². The zero-order chi connectivity index (χ0) is 13.7. The quantitative estimate of drug-likeness (QED) is 0.328. The fraction of sp³-hybridized carbons (Fsp3) is 1.00. The predicted molar refractivity (Wildman–Crippen MR) is 66.0 cm³/mol. The number of rotatable bonds is 7. The second-order valence-corrected chi connectivity index (χ2v) is 5.20. The topological polar surface area (TPSA) is 113 Å². The lowest BCUT2D eigenvalue weighted by atomic mass is 10.00. The molecule has 6 heteroatoms. The number of hydrogen-bond donors (Lipinski definition) is 6. The van der Waals surface area contributed by atoms with Gasteiger partial charge in [-0.3, -0.25) is 0 Å². The van der Waals surface area contributed by atoms with Gasteiger partial charge in [-0.25, -0.2) is 0 Å². The van der Waals surface area contributed by atoms with Gasteiger partial charge in [-0.05, 0) is 32.6 Å². The van der Waals surface area contributed by atoms with E-state index in [-0.39, 0.29) is 12.6 Å². The van der Waals surface area contributed by atoms with Gasteiger partial charge in [-0.1, -0.05) is 0 Å². The molecule has 0 aromatic heterocycles. The Kier molecular flexibility index (Phi) is 6.48. The first-order valence-corrected chi connectivity index (χ1v) is 6.54. The van der Waals surface area contributed by atoms with Crippen LogP contribution in [0.5, 0.6) is 0 Å². The van der Waals surface area contributed by atoms with Crippen molar-refractivity contribution >= 4 is 0 Å². The van der Waals surface area contributed by atoms with Crippen LogP contribution in [-0.4, -0.2) is 68.6 Å². The monoisotopic (exact) mass is 263 g/mol. The molecular formula is C12H25NO5. The fourth-order valence-corrected chi connectivity index (χ4v) is 2.31. The molecule has 0 radical (unpaired) electrons. The zero-order valence-corrected chi connectivity index (χ0v) is 10.7. The normalized spacial score (nSPS) is 35.7. The van der Waals surface area contributed by atoms with Crippen molar-refractivity contribution in [3.63, 3.8) is 0 Å². The molecule has 6 nitrogen and oxygen atoms in total. The van der Waals surface area contributed by atoms with Crippen LogP contribution in [0.2, 0.25) is 0 Å². The summed E-state index contributed by atoms with van der Waals surface area (Å²) >= 11 is 0. The van der Waals surface area contributed by atoms with Gasteiger partial charge in [-0.2, -0.15) is 0 Å². The van der Waals surface area contributed by atoms with Crippen LogP contribution in [0.1, 0.15) is 32.6 Å². The van der Waals surface area contributed by atoms with Gasteiger partial charge in [0.05, 0.1) is 37.1 Å². The highest BCUT2D eigenvalue weighted by molar-refractivity contribution is 4.97. The second-order valence-electron chi connectivity index (χ2n) is 5.20. The number of nitrogens with one attached hydrogen (secondary N) is 1. The smallest absolute Gasteiger partial charge is 0.0989 e. The van der Waals surface area contributed by atoms with Crippen LogP contribution < -0.4 is 5.32 Å². The van der Waals surface area contributed by atoms with Crippen LogP contribution in [0.4, 0.5) is 0 Å². The van der Waals surface area contributed by atoms with E-state index in [1.54, 1.807) is 6.92 Å². The van der Waals surface area contributed by atoms with Crippen molar-refractivity contribution in [2.45, 2.75) is 69.1 Å². The van der Waals surface area contributed by atoms with E-state index in [4.69, 9.17) is 10.2 Å². The first-order chi connectivity index (χ1) is 8.45. The maximum Gasteiger partial charge on any atom is 0.0989 e. The Hall–Kier alpha value is -0.240. The summed E-state index contributed by atoms with van der Waals surface area (Å²) in [4.78, 5) is 0. The number of aliphatic hydroxyl groups excluding tert-OH is 5. The van der Waals surface area contributed by atoms with Gasteiger partial charge in [-0.15, -0.1) is 0 Å². The largest absolute Gasteiger partial charge is 0.395 e. The Labute approximate surface area is 107 Å². The zero-order valence-electron chi connectivity index (χ0n) is 10.7. The van der Waals surface area contributed by atoms with E-state index >= 15 is 0 Å². The highest BCUT2D eigenvalue weighted by Crippen LogP contribution is 2.19. The minimum atomic E-state index is -0.963. The second kappa shape index (κ2) is 7.37. The molecule has 0 aliphatic carbocycles.